The predicted octanol–water partition coefficient (Wildman–Crippen LogP) is 4.19. The molecular formula is C19H21N. The Balaban J connectivity index is 1.78. The van der Waals surface area contributed by atoms with Crippen molar-refractivity contribution in [2.45, 2.75) is 37.6 Å². The molecule has 1 heterocycles. The number of benzene rings is 2. The lowest BCUT2D eigenvalue weighted by molar-refractivity contribution is 0.415. The molecule has 1 unspecified atom stereocenters. The van der Waals surface area contributed by atoms with E-state index in [-0.39, 0.29) is 0 Å². The highest BCUT2D eigenvalue weighted by Gasteiger charge is 2.27. The third-order valence-corrected chi connectivity index (χ3v) is 5.01. The van der Waals surface area contributed by atoms with E-state index >= 15 is 0 Å². The minimum atomic E-state index is 0.525. The molecule has 0 spiro atoms. The van der Waals surface area contributed by atoms with Crippen molar-refractivity contribution in [2.24, 2.45) is 0 Å². The van der Waals surface area contributed by atoms with Gasteiger partial charge in [0.15, 0.2) is 0 Å². The molecule has 0 amide bonds. The third-order valence-electron chi connectivity index (χ3n) is 5.01. The van der Waals surface area contributed by atoms with E-state index in [2.05, 4.69) is 53.8 Å². The van der Waals surface area contributed by atoms with Gasteiger partial charge in [0, 0.05) is 19.0 Å². The zero-order chi connectivity index (χ0) is 13.4. The normalized spacial score (nSPS) is 22.1. The lowest BCUT2D eigenvalue weighted by atomic mass is 9.74. The van der Waals surface area contributed by atoms with E-state index in [1.807, 2.05) is 0 Å². The van der Waals surface area contributed by atoms with Gasteiger partial charge in [-0.25, -0.2) is 0 Å². The molecule has 1 aliphatic heterocycles. The van der Waals surface area contributed by atoms with E-state index in [0.29, 0.717) is 5.92 Å². The first-order valence-electron chi connectivity index (χ1n) is 7.81. The molecule has 1 fully saturated rings. The quantitative estimate of drug-likeness (QED) is 0.856. The number of fused-ring (bicyclic) bond motifs is 1. The molecule has 1 atom stereocenters. The lowest BCUT2D eigenvalue weighted by Crippen LogP contribution is -2.29. The molecule has 1 N–H and O–H groups in total. The molecule has 0 saturated heterocycles. The second kappa shape index (κ2) is 5.06. The second-order valence-electron chi connectivity index (χ2n) is 6.14. The van der Waals surface area contributed by atoms with Gasteiger partial charge in [0.1, 0.15) is 0 Å². The minimum absolute atomic E-state index is 0.525. The second-order valence-corrected chi connectivity index (χ2v) is 6.14. The Morgan fingerprint density at radius 3 is 2.25 bits per heavy atom. The summed E-state index contributed by atoms with van der Waals surface area (Å²) < 4.78 is 0. The van der Waals surface area contributed by atoms with Crippen molar-refractivity contribution in [3.05, 3.63) is 70.8 Å². The van der Waals surface area contributed by atoms with E-state index < -0.39 is 0 Å². The fraction of sp³-hybridized carbons (Fsp3) is 0.368. The van der Waals surface area contributed by atoms with Gasteiger partial charge in [0.25, 0.3) is 0 Å². The van der Waals surface area contributed by atoms with Crippen LogP contribution in [0.2, 0.25) is 0 Å². The molecule has 0 bridgehead atoms. The van der Waals surface area contributed by atoms with Crippen LogP contribution in [0, 0.1) is 0 Å². The first kappa shape index (κ1) is 12.2. The van der Waals surface area contributed by atoms with Crippen LogP contribution >= 0.6 is 0 Å². The Kier molecular flexibility index (Phi) is 3.08. The molecule has 0 aromatic heterocycles. The Bertz CT molecular complexity index is 613. The van der Waals surface area contributed by atoms with Crippen LogP contribution in [0.25, 0.3) is 0 Å². The van der Waals surface area contributed by atoms with Gasteiger partial charge < -0.3 is 5.32 Å². The number of nitrogens with one attached hydrogen (secondary N) is 1. The van der Waals surface area contributed by atoms with Crippen LogP contribution in [0.3, 0.4) is 0 Å². The molecule has 2 aliphatic rings. The third kappa shape index (κ3) is 1.97. The van der Waals surface area contributed by atoms with Crippen molar-refractivity contribution >= 4 is 0 Å². The number of hydrogen-bond donors (Lipinski definition) is 1. The highest BCUT2D eigenvalue weighted by molar-refractivity contribution is 5.44. The van der Waals surface area contributed by atoms with Gasteiger partial charge >= 0.3 is 0 Å². The maximum atomic E-state index is 3.59. The van der Waals surface area contributed by atoms with Gasteiger partial charge in [-0.1, -0.05) is 55.0 Å². The predicted molar refractivity (Wildman–Crippen MR) is 83.0 cm³/mol. The fourth-order valence-corrected chi connectivity index (χ4v) is 3.69. The summed E-state index contributed by atoms with van der Waals surface area (Å²) in [6.07, 6.45) is 4.15. The molecule has 102 valence electrons. The fourth-order valence-electron chi connectivity index (χ4n) is 3.69. The lowest BCUT2D eigenvalue weighted by Gasteiger charge is -2.33. The summed E-state index contributed by atoms with van der Waals surface area (Å²) >= 11 is 0. The molecular weight excluding hydrogens is 242 g/mol. The standard InChI is InChI=1S/C19H21N/c1-2-10-17-15(6-1)12-20-13-19(17)18-11-4-3-9-16(18)14-7-5-8-14/h1-4,6,9-11,14,19-20H,5,7-8,12-13H2. The van der Waals surface area contributed by atoms with E-state index in [4.69, 9.17) is 0 Å². The average molecular weight is 263 g/mol. The molecule has 1 nitrogen and oxygen atoms in total. The number of hydrogen-bond acceptors (Lipinski definition) is 1. The Morgan fingerprint density at radius 1 is 0.800 bits per heavy atom. The number of rotatable bonds is 2. The van der Waals surface area contributed by atoms with Gasteiger partial charge in [-0.15, -0.1) is 0 Å². The van der Waals surface area contributed by atoms with Gasteiger partial charge in [-0.05, 0) is 41.0 Å². The monoisotopic (exact) mass is 263 g/mol. The highest BCUT2D eigenvalue weighted by atomic mass is 14.9. The van der Waals surface area contributed by atoms with Crippen LogP contribution in [0.4, 0.5) is 0 Å². The molecule has 2 aromatic carbocycles. The maximum absolute atomic E-state index is 3.59. The highest BCUT2D eigenvalue weighted by Crippen LogP contribution is 2.42. The van der Waals surface area contributed by atoms with Crippen molar-refractivity contribution in [3.63, 3.8) is 0 Å². The van der Waals surface area contributed by atoms with Gasteiger partial charge in [0.2, 0.25) is 0 Å². The van der Waals surface area contributed by atoms with Crippen molar-refractivity contribution in [1.82, 2.24) is 5.32 Å². The zero-order valence-electron chi connectivity index (χ0n) is 11.8. The Morgan fingerprint density at radius 2 is 1.50 bits per heavy atom. The first-order valence-corrected chi connectivity index (χ1v) is 7.81. The van der Waals surface area contributed by atoms with E-state index in [1.165, 1.54) is 30.4 Å². The summed E-state index contributed by atoms with van der Waals surface area (Å²) in [5.74, 6) is 1.33. The zero-order valence-corrected chi connectivity index (χ0v) is 11.8. The van der Waals surface area contributed by atoms with E-state index in [0.717, 1.165) is 19.0 Å². The smallest absolute Gasteiger partial charge is 0.0220 e. The molecule has 0 radical (unpaired) electrons. The summed E-state index contributed by atoms with van der Waals surface area (Å²) in [4.78, 5) is 0. The molecule has 1 saturated carbocycles. The van der Waals surface area contributed by atoms with Crippen molar-refractivity contribution < 1.29 is 0 Å². The van der Waals surface area contributed by atoms with Crippen molar-refractivity contribution in [3.8, 4) is 0 Å². The van der Waals surface area contributed by atoms with Gasteiger partial charge in [0.05, 0.1) is 0 Å². The SMILES string of the molecule is c1ccc2c(c1)CNCC2c1ccccc1C1CCC1. The maximum Gasteiger partial charge on any atom is 0.0220 e. The topological polar surface area (TPSA) is 12.0 Å². The molecule has 1 aliphatic carbocycles. The summed E-state index contributed by atoms with van der Waals surface area (Å²) in [7, 11) is 0. The molecule has 4 rings (SSSR count). The minimum Gasteiger partial charge on any atom is -0.312 e. The molecule has 1 heteroatoms. The van der Waals surface area contributed by atoms with Crippen LogP contribution in [-0.2, 0) is 6.54 Å². The Hall–Kier alpha value is -1.60. The first-order chi connectivity index (χ1) is 9.93. The van der Waals surface area contributed by atoms with Crippen molar-refractivity contribution in [1.29, 1.82) is 0 Å². The van der Waals surface area contributed by atoms with Crippen LogP contribution in [0.15, 0.2) is 48.5 Å². The summed E-state index contributed by atoms with van der Waals surface area (Å²) in [5, 5.41) is 3.59. The Labute approximate surface area is 121 Å². The van der Waals surface area contributed by atoms with Crippen LogP contribution < -0.4 is 5.32 Å². The van der Waals surface area contributed by atoms with Gasteiger partial charge in [-0.2, -0.15) is 0 Å². The average Bonchev–Trinajstić information content (AvgIpc) is 2.46. The van der Waals surface area contributed by atoms with Gasteiger partial charge in [-0.3, -0.25) is 0 Å². The van der Waals surface area contributed by atoms with Crippen LogP contribution in [-0.4, -0.2) is 6.54 Å². The summed E-state index contributed by atoms with van der Waals surface area (Å²) in [5.41, 5.74) is 6.14. The largest absolute Gasteiger partial charge is 0.312 e. The van der Waals surface area contributed by atoms with E-state index in [9.17, 15) is 0 Å². The molecule has 2 aromatic rings. The van der Waals surface area contributed by atoms with Crippen molar-refractivity contribution in [2.75, 3.05) is 6.54 Å². The summed E-state index contributed by atoms with van der Waals surface area (Å²) in [6.45, 7) is 2.08. The van der Waals surface area contributed by atoms with Crippen LogP contribution in [0.1, 0.15) is 53.4 Å². The van der Waals surface area contributed by atoms with E-state index in [1.54, 1.807) is 11.1 Å². The summed E-state index contributed by atoms with van der Waals surface area (Å²) in [6, 6.07) is 18.0. The van der Waals surface area contributed by atoms with Crippen LogP contribution in [0.5, 0.6) is 0 Å². The molecule has 20 heavy (non-hydrogen) atoms.